The maximum absolute atomic E-state index is 12.5. The topological polar surface area (TPSA) is 110 Å². The van der Waals surface area contributed by atoms with Gasteiger partial charge in [0.15, 0.2) is 0 Å². The molecule has 8 nitrogen and oxygen atoms in total. The predicted molar refractivity (Wildman–Crippen MR) is 92.4 cm³/mol. The fourth-order valence-corrected chi connectivity index (χ4v) is 3.65. The van der Waals surface area contributed by atoms with Gasteiger partial charge in [-0.05, 0) is 37.8 Å². The number of nitrogens with two attached hydrogens (primary N) is 1. The van der Waals surface area contributed by atoms with E-state index >= 15 is 0 Å². The van der Waals surface area contributed by atoms with Crippen LogP contribution < -0.4 is 10.6 Å². The van der Waals surface area contributed by atoms with Crippen molar-refractivity contribution in [3.05, 3.63) is 33.9 Å². The van der Waals surface area contributed by atoms with Crippen molar-refractivity contribution in [2.24, 2.45) is 11.7 Å². The Bertz CT molecular complexity index is 692. The molecular formula is C17H22N4O4. The monoisotopic (exact) mass is 346 g/mol. The van der Waals surface area contributed by atoms with Crippen LogP contribution in [0.25, 0.3) is 0 Å². The number of nitrogens with zero attached hydrogens (tertiary/aromatic N) is 3. The van der Waals surface area contributed by atoms with Crippen LogP contribution in [0.5, 0.6) is 0 Å². The zero-order valence-corrected chi connectivity index (χ0v) is 14.0. The molecule has 2 aliphatic rings. The predicted octanol–water partition coefficient (Wildman–Crippen LogP) is 1.53. The lowest BCUT2D eigenvalue weighted by Crippen LogP contribution is -2.41. The highest BCUT2D eigenvalue weighted by molar-refractivity contribution is 5.94. The van der Waals surface area contributed by atoms with Crippen LogP contribution in [0.2, 0.25) is 0 Å². The molecule has 2 fully saturated rings. The van der Waals surface area contributed by atoms with Gasteiger partial charge in [-0.3, -0.25) is 19.7 Å². The number of carbonyl (C=O) groups excluding carboxylic acids is 2. The van der Waals surface area contributed by atoms with E-state index in [4.69, 9.17) is 5.73 Å². The lowest BCUT2D eigenvalue weighted by molar-refractivity contribution is -0.384. The molecule has 0 unspecified atom stereocenters. The molecule has 2 saturated heterocycles. The van der Waals surface area contributed by atoms with E-state index < -0.39 is 10.8 Å². The van der Waals surface area contributed by atoms with E-state index in [1.54, 1.807) is 6.07 Å². The van der Waals surface area contributed by atoms with Gasteiger partial charge in [0.2, 0.25) is 11.8 Å². The number of primary amides is 1. The van der Waals surface area contributed by atoms with Crippen molar-refractivity contribution < 1.29 is 14.5 Å². The third-order valence-corrected chi connectivity index (χ3v) is 5.06. The van der Waals surface area contributed by atoms with Crippen LogP contribution in [0.4, 0.5) is 11.4 Å². The summed E-state index contributed by atoms with van der Waals surface area (Å²) in [5.41, 5.74) is 5.67. The van der Waals surface area contributed by atoms with Crippen LogP contribution in [0.15, 0.2) is 18.2 Å². The summed E-state index contributed by atoms with van der Waals surface area (Å²) in [6.45, 7) is 2.86. The van der Waals surface area contributed by atoms with Crippen molar-refractivity contribution in [2.45, 2.75) is 25.7 Å². The van der Waals surface area contributed by atoms with Gasteiger partial charge in [-0.15, -0.1) is 0 Å². The van der Waals surface area contributed by atoms with Gasteiger partial charge in [-0.25, -0.2) is 0 Å². The van der Waals surface area contributed by atoms with E-state index in [0.29, 0.717) is 31.6 Å². The summed E-state index contributed by atoms with van der Waals surface area (Å²) in [4.78, 5) is 38.4. The minimum atomic E-state index is -0.690. The molecule has 3 rings (SSSR count). The Morgan fingerprint density at radius 1 is 1.12 bits per heavy atom. The lowest BCUT2D eigenvalue weighted by atomic mass is 9.94. The average Bonchev–Trinajstić information content (AvgIpc) is 3.15. The molecule has 8 heteroatoms. The Morgan fingerprint density at radius 2 is 1.76 bits per heavy atom. The fraction of sp³-hybridized carbons (Fsp3) is 0.529. The van der Waals surface area contributed by atoms with Crippen molar-refractivity contribution in [2.75, 3.05) is 31.1 Å². The van der Waals surface area contributed by atoms with Crippen LogP contribution >= 0.6 is 0 Å². The standard InChI is InChI=1S/C17H22N4O4/c18-16(22)13-3-4-14(15(11-13)21(24)25)19-9-5-12(6-10-19)17(23)20-7-1-2-8-20/h3-4,11-12H,1-2,5-10H2,(H2,18,22). The van der Waals surface area contributed by atoms with Crippen molar-refractivity contribution in [3.8, 4) is 0 Å². The maximum atomic E-state index is 12.5. The van der Waals surface area contributed by atoms with Crippen LogP contribution in [0.3, 0.4) is 0 Å². The number of benzene rings is 1. The molecule has 134 valence electrons. The van der Waals surface area contributed by atoms with Gasteiger partial charge >= 0.3 is 0 Å². The highest BCUT2D eigenvalue weighted by Crippen LogP contribution is 2.33. The Labute approximate surface area is 145 Å². The van der Waals surface area contributed by atoms with Gasteiger partial charge in [-0.2, -0.15) is 0 Å². The number of nitro groups is 1. The average molecular weight is 346 g/mol. The van der Waals surface area contributed by atoms with Gasteiger partial charge in [0.05, 0.1) is 4.92 Å². The van der Waals surface area contributed by atoms with E-state index in [1.165, 1.54) is 12.1 Å². The molecule has 2 amide bonds. The van der Waals surface area contributed by atoms with E-state index in [2.05, 4.69) is 0 Å². The van der Waals surface area contributed by atoms with E-state index in [0.717, 1.165) is 25.9 Å². The van der Waals surface area contributed by atoms with Crippen molar-refractivity contribution >= 4 is 23.2 Å². The molecule has 2 N–H and O–H groups in total. The smallest absolute Gasteiger partial charge is 0.293 e. The molecule has 25 heavy (non-hydrogen) atoms. The zero-order chi connectivity index (χ0) is 18.0. The summed E-state index contributed by atoms with van der Waals surface area (Å²) in [5, 5.41) is 11.4. The zero-order valence-electron chi connectivity index (χ0n) is 14.0. The number of hydrogen-bond donors (Lipinski definition) is 1. The van der Waals surface area contributed by atoms with E-state index in [-0.39, 0.29) is 23.1 Å². The van der Waals surface area contributed by atoms with Gasteiger partial charge in [-0.1, -0.05) is 0 Å². The van der Waals surface area contributed by atoms with Gasteiger partial charge in [0.1, 0.15) is 5.69 Å². The van der Waals surface area contributed by atoms with Crippen molar-refractivity contribution in [1.29, 1.82) is 0 Å². The van der Waals surface area contributed by atoms with Gasteiger partial charge < -0.3 is 15.5 Å². The summed E-state index contributed by atoms with van der Waals surface area (Å²) < 4.78 is 0. The van der Waals surface area contributed by atoms with Crippen LogP contribution in [-0.2, 0) is 4.79 Å². The first-order valence-corrected chi connectivity index (χ1v) is 8.59. The molecule has 0 atom stereocenters. The number of likely N-dealkylation sites (tertiary alicyclic amines) is 1. The molecule has 1 aromatic carbocycles. The maximum Gasteiger partial charge on any atom is 0.293 e. The molecule has 0 aliphatic carbocycles. The van der Waals surface area contributed by atoms with Crippen molar-refractivity contribution in [3.63, 3.8) is 0 Å². The molecule has 0 aromatic heterocycles. The summed E-state index contributed by atoms with van der Waals surface area (Å²) in [6, 6.07) is 4.30. The molecule has 0 bridgehead atoms. The quantitative estimate of drug-likeness (QED) is 0.657. The second kappa shape index (κ2) is 7.08. The van der Waals surface area contributed by atoms with Crippen molar-refractivity contribution in [1.82, 2.24) is 4.90 Å². The first-order valence-electron chi connectivity index (χ1n) is 8.59. The lowest BCUT2D eigenvalue weighted by Gasteiger charge is -2.34. The summed E-state index contributed by atoms with van der Waals surface area (Å²) in [5.74, 6) is -0.474. The number of carbonyl (C=O) groups is 2. The number of rotatable bonds is 4. The molecule has 0 saturated carbocycles. The van der Waals surface area contributed by atoms with Crippen LogP contribution in [-0.4, -0.2) is 47.8 Å². The summed E-state index contributed by atoms with van der Waals surface area (Å²) in [7, 11) is 0. The third-order valence-electron chi connectivity index (χ3n) is 5.06. The normalized spacial score (nSPS) is 18.4. The number of amides is 2. The summed E-state index contributed by atoms with van der Waals surface area (Å²) in [6.07, 6.45) is 3.51. The number of nitro benzene ring substituents is 1. The van der Waals surface area contributed by atoms with Gasteiger partial charge in [0.25, 0.3) is 5.69 Å². The first kappa shape index (κ1) is 17.2. The molecule has 0 radical (unpaired) electrons. The van der Waals surface area contributed by atoms with Crippen LogP contribution in [0.1, 0.15) is 36.0 Å². The highest BCUT2D eigenvalue weighted by Gasteiger charge is 2.31. The fourth-order valence-electron chi connectivity index (χ4n) is 3.65. The van der Waals surface area contributed by atoms with Gasteiger partial charge in [0, 0.05) is 43.7 Å². The molecule has 1 aromatic rings. The molecular weight excluding hydrogens is 324 g/mol. The largest absolute Gasteiger partial charge is 0.366 e. The SMILES string of the molecule is NC(=O)c1ccc(N2CCC(C(=O)N3CCCC3)CC2)c([N+](=O)[O-])c1. The Balaban J connectivity index is 1.71. The Hall–Kier alpha value is -2.64. The summed E-state index contributed by atoms with van der Waals surface area (Å²) >= 11 is 0. The third kappa shape index (κ3) is 3.57. The van der Waals surface area contributed by atoms with Crippen LogP contribution in [0, 0.1) is 16.0 Å². The molecule has 0 spiro atoms. The minimum Gasteiger partial charge on any atom is -0.366 e. The highest BCUT2D eigenvalue weighted by atomic mass is 16.6. The second-order valence-corrected chi connectivity index (χ2v) is 6.62. The Kier molecular flexibility index (Phi) is 4.87. The number of hydrogen-bond acceptors (Lipinski definition) is 5. The number of anilines is 1. The number of piperidine rings is 1. The minimum absolute atomic E-state index is 0.00158. The van der Waals surface area contributed by atoms with E-state index in [1.807, 2.05) is 9.80 Å². The second-order valence-electron chi connectivity index (χ2n) is 6.62. The first-order chi connectivity index (χ1) is 12.0. The Morgan fingerprint density at radius 3 is 2.32 bits per heavy atom. The molecule has 2 aliphatic heterocycles. The molecule has 2 heterocycles. The van der Waals surface area contributed by atoms with E-state index in [9.17, 15) is 19.7 Å².